The molecular weight excluding hydrogens is 188 g/mol. The average Bonchev–Trinajstić information content (AvgIpc) is 2.63. The van der Waals surface area contributed by atoms with Crippen LogP contribution in [-0.4, -0.2) is 22.3 Å². The van der Waals surface area contributed by atoms with Gasteiger partial charge in [-0.25, -0.2) is 9.98 Å². The number of rotatable bonds is 2. The molecule has 0 saturated carbocycles. The minimum absolute atomic E-state index is 0.479. The Morgan fingerprint density at radius 1 is 1.67 bits per heavy atom. The number of hydrogen-bond acceptors (Lipinski definition) is 1. The van der Waals surface area contributed by atoms with Crippen molar-refractivity contribution in [1.29, 1.82) is 0 Å². The highest BCUT2D eigenvalue weighted by atomic mass is 32.2. The fraction of sp³-hybridized carbons (Fsp3) is 0.375. The Morgan fingerprint density at radius 2 is 2.58 bits per heavy atom. The maximum absolute atomic E-state index is 4.83. The largest absolute Gasteiger partial charge is 0.225 e. The van der Waals surface area contributed by atoms with Gasteiger partial charge in [0.05, 0.1) is 11.9 Å². The lowest BCUT2D eigenvalue weighted by Crippen LogP contribution is -2.07. The Morgan fingerprint density at radius 3 is 3.17 bits per heavy atom. The number of nitrogens with zero attached hydrogens (tertiary/aromatic N) is 2. The van der Waals surface area contributed by atoms with E-state index in [4.69, 9.17) is 12.2 Å². The first-order valence-corrected chi connectivity index (χ1v) is 5.29. The van der Waals surface area contributed by atoms with Crippen LogP contribution in [0.1, 0.15) is 12.8 Å². The first-order chi connectivity index (χ1) is 5.84. The quantitative estimate of drug-likeness (QED) is 0.531. The zero-order valence-corrected chi connectivity index (χ0v) is 8.18. The van der Waals surface area contributed by atoms with Crippen molar-refractivity contribution in [3.63, 3.8) is 0 Å². The van der Waals surface area contributed by atoms with E-state index in [-0.39, 0.29) is 0 Å². The fourth-order valence-corrected chi connectivity index (χ4v) is 2.44. The molecule has 0 saturated heterocycles. The third-order valence-corrected chi connectivity index (χ3v) is 3.21. The molecule has 0 aliphatic carbocycles. The van der Waals surface area contributed by atoms with E-state index in [2.05, 4.69) is 21.5 Å². The molecule has 2 aliphatic heterocycles. The van der Waals surface area contributed by atoms with Crippen LogP contribution in [0.3, 0.4) is 0 Å². The predicted octanol–water partition coefficient (Wildman–Crippen LogP) is 1.94. The number of hydrogen-bond donors (Lipinski definition) is 1. The molecule has 1 unspecified atom stereocenters. The molecule has 0 fully saturated rings. The molecular formula is C8H9N2S2. The molecule has 0 spiro atoms. The highest BCUT2D eigenvalue weighted by Crippen LogP contribution is 2.27. The summed E-state index contributed by atoms with van der Waals surface area (Å²) in [5.74, 6) is 0. The molecule has 0 amide bonds. The first-order valence-electron chi connectivity index (χ1n) is 3.85. The molecule has 0 N–H and O–H groups in total. The minimum Gasteiger partial charge on any atom is -0.225 e. The van der Waals surface area contributed by atoms with Crippen LogP contribution in [0, 0.1) is 0 Å². The maximum Gasteiger partial charge on any atom is 0.219 e. The van der Waals surface area contributed by atoms with Gasteiger partial charge in [-0.05, 0) is 24.0 Å². The van der Waals surface area contributed by atoms with Gasteiger partial charge in [-0.2, -0.15) is 11.8 Å². The summed E-state index contributed by atoms with van der Waals surface area (Å²) in [7, 11) is 0. The number of aliphatic imine (C=N–C) groups is 2. The number of thiocarbonyl (C=S) groups is 1. The minimum atomic E-state index is 0.479. The Bertz CT molecular complexity index is 283. The predicted molar refractivity (Wildman–Crippen MR) is 59.7 cm³/mol. The summed E-state index contributed by atoms with van der Waals surface area (Å²) >= 11 is 6.24. The third-order valence-electron chi connectivity index (χ3n) is 1.82. The van der Waals surface area contributed by atoms with Gasteiger partial charge in [0.2, 0.25) is 5.11 Å². The van der Waals surface area contributed by atoms with Crippen molar-refractivity contribution < 1.29 is 0 Å². The monoisotopic (exact) mass is 197 g/mol. The van der Waals surface area contributed by atoms with E-state index in [0.717, 1.165) is 12.1 Å². The molecule has 12 heavy (non-hydrogen) atoms. The third kappa shape index (κ3) is 1.81. The maximum atomic E-state index is 4.83. The molecule has 0 aromatic rings. The summed E-state index contributed by atoms with van der Waals surface area (Å²) in [6.07, 6.45) is 6.19. The molecule has 63 valence electrons. The van der Waals surface area contributed by atoms with Gasteiger partial charge in [0.25, 0.3) is 0 Å². The lowest BCUT2D eigenvalue weighted by Gasteiger charge is -2.05. The normalized spacial score (nSPS) is 26.8. The zero-order chi connectivity index (χ0) is 8.39. The van der Waals surface area contributed by atoms with Crippen molar-refractivity contribution in [3.8, 4) is 0 Å². The Balaban J connectivity index is 1.92. The lowest BCUT2D eigenvalue weighted by atomic mass is 10.2. The summed E-state index contributed by atoms with van der Waals surface area (Å²) in [5, 5.41) is 3.39. The topological polar surface area (TPSA) is 24.7 Å². The smallest absolute Gasteiger partial charge is 0.219 e. The summed E-state index contributed by atoms with van der Waals surface area (Å²) in [6.45, 7) is 0. The SMILES string of the molecule is S=C1N=CC(CC2CC=C[SH]2)=N1. The van der Waals surface area contributed by atoms with Gasteiger partial charge in [0, 0.05) is 11.7 Å². The van der Waals surface area contributed by atoms with Gasteiger partial charge < -0.3 is 0 Å². The van der Waals surface area contributed by atoms with Crippen LogP contribution in [0.25, 0.3) is 0 Å². The van der Waals surface area contributed by atoms with Gasteiger partial charge in [-0.1, -0.05) is 6.08 Å². The van der Waals surface area contributed by atoms with Crippen LogP contribution >= 0.6 is 24.0 Å². The van der Waals surface area contributed by atoms with Crippen molar-refractivity contribution in [3.05, 3.63) is 11.5 Å². The summed E-state index contributed by atoms with van der Waals surface area (Å²) in [5.41, 5.74) is 1.04. The van der Waals surface area contributed by atoms with Crippen molar-refractivity contribution in [2.75, 3.05) is 0 Å². The number of thiol groups is 1. The highest BCUT2D eigenvalue weighted by molar-refractivity contribution is 8.03. The van der Waals surface area contributed by atoms with Crippen LogP contribution in [0.4, 0.5) is 0 Å². The van der Waals surface area contributed by atoms with Gasteiger partial charge in [-0.3, -0.25) is 0 Å². The summed E-state index contributed by atoms with van der Waals surface area (Å²) < 4.78 is 0. The van der Waals surface area contributed by atoms with Gasteiger partial charge in [-0.15, -0.1) is 0 Å². The lowest BCUT2D eigenvalue weighted by molar-refractivity contribution is 0.940. The van der Waals surface area contributed by atoms with Gasteiger partial charge in [0.1, 0.15) is 0 Å². The van der Waals surface area contributed by atoms with E-state index in [1.807, 2.05) is 0 Å². The van der Waals surface area contributed by atoms with E-state index >= 15 is 0 Å². The van der Waals surface area contributed by atoms with Crippen LogP contribution in [0.2, 0.25) is 0 Å². The van der Waals surface area contributed by atoms with E-state index in [1.54, 1.807) is 6.21 Å². The van der Waals surface area contributed by atoms with E-state index < -0.39 is 0 Å². The summed E-state index contributed by atoms with van der Waals surface area (Å²) in [4.78, 5) is 8.08. The molecule has 2 rings (SSSR count). The zero-order valence-electron chi connectivity index (χ0n) is 6.47. The molecule has 2 aliphatic rings. The van der Waals surface area contributed by atoms with Gasteiger partial charge in [0.15, 0.2) is 0 Å². The second-order valence-electron chi connectivity index (χ2n) is 2.77. The van der Waals surface area contributed by atoms with Gasteiger partial charge >= 0.3 is 0 Å². The molecule has 1 radical (unpaired) electrons. The Kier molecular flexibility index (Phi) is 2.37. The van der Waals surface area contributed by atoms with Crippen molar-refractivity contribution in [2.45, 2.75) is 18.1 Å². The second kappa shape index (κ2) is 3.49. The molecule has 1 atom stereocenters. The fourth-order valence-electron chi connectivity index (χ4n) is 1.25. The van der Waals surface area contributed by atoms with Crippen LogP contribution in [0.15, 0.2) is 21.5 Å². The summed E-state index contributed by atoms with van der Waals surface area (Å²) in [6, 6.07) is 0. The standard InChI is InChI=1S/C8H9N2S2/c11-8-9-5-6(10-8)4-7-2-1-3-12-7/h1,3,5,7,12H,2,4H2. The Labute approximate surface area is 80.9 Å². The van der Waals surface area contributed by atoms with Crippen molar-refractivity contribution >= 4 is 41.0 Å². The highest BCUT2D eigenvalue weighted by Gasteiger charge is 2.14. The van der Waals surface area contributed by atoms with Crippen LogP contribution in [0.5, 0.6) is 0 Å². The first kappa shape index (κ1) is 8.13. The molecule has 4 heteroatoms. The number of allylic oxidation sites excluding steroid dienone is 1. The molecule has 2 nitrogen and oxygen atoms in total. The average molecular weight is 197 g/mol. The molecule has 0 aromatic heterocycles. The van der Waals surface area contributed by atoms with E-state index in [9.17, 15) is 0 Å². The van der Waals surface area contributed by atoms with Crippen LogP contribution in [-0.2, 0) is 0 Å². The van der Waals surface area contributed by atoms with E-state index in [0.29, 0.717) is 10.4 Å². The van der Waals surface area contributed by atoms with Crippen molar-refractivity contribution in [2.24, 2.45) is 9.98 Å². The molecule has 0 aromatic carbocycles. The Hall–Kier alpha value is -0.480. The van der Waals surface area contributed by atoms with Crippen molar-refractivity contribution in [1.82, 2.24) is 0 Å². The molecule has 2 heterocycles. The van der Waals surface area contributed by atoms with E-state index in [1.165, 1.54) is 18.2 Å². The van der Waals surface area contributed by atoms with Crippen LogP contribution < -0.4 is 0 Å². The second-order valence-corrected chi connectivity index (χ2v) is 4.46. The molecule has 0 bridgehead atoms.